The molecule has 0 aliphatic carbocycles. The molecule has 2 N–H and O–H groups in total. The summed E-state index contributed by atoms with van der Waals surface area (Å²) in [5.74, 6) is -1.16. The Balaban J connectivity index is 1.97. The molecule has 2 rings (SSSR count). The molecular weight excluding hydrogens is 270 g/mol. The smallest absolute Gasteiger partial charge is 0.406 e. The van der Waals surface area contributed by atoms with Crippen LogP contribution in [0.3, 0.4) is 0 Å². The summed E-state index contributed by atoms with van der Waals surface area (Å²) in [7, 11) is 1.63. The van der Waals surface area contributed by atoms with E-state index in [0.717, 1.165) is 0 Å². The molecular formula is C9H11N7O4. The van der Waals surface area contributed by atoms with Gasteiger partial charge in [0.1, 0.15) is 0 Å². The highest BCUT2D eigenvalue weighted by Crippen LogP contribution is 2.20. The van der Waals surface area contributed by atoms with Crippen molar-refractivity contribution in [1.29, 1.82) is 0 Å². The molecule has 0 amide bonds. The Kier molecular flexibility index (Phi) is 3.59. The lowest BCUT2D eigenvalue weighted by atomic mass is 10.5. The number of anilines is 1. The first-order chi connectivity index (χ1) is 9.49. The Morgan fingerprint density at radius 2 is 2.35 bits per heavy atom. The fourth-order valence-electron chi connectivity index (χ4n) is 1.55. The van der Waals surface area contributed by atoms with E-state index in [1.807, 2.05) is 0 Å². The maximum atomic E-state index is 10.7. The quantitative estimate of drug-likeness (QED) is 0.544. The average molecular weight is 281 g/mol. The molecule has 11 nitrogen and oxygen atoms in total. The molecule has 0 atom stereocenters. The first-order valence-electron chi connectivity index (χ1n) is 5.52. The number of carbonyl (C=O) groups is 1. The number of aryl methyl sites for hydroxylation is 1. The molecule has 20 heavy (non-hydrogen) atoms. The standard InChI is InChI=1S/C9H11N7O4/c1-14-5-11-8(16(19)20)7(14)10-2-3-15-4-6(9(17)18)12-13-15/h4-5,10H,2-3H2,1H3,(H,17,18). The van der Waals surface area contributed by atoms with E-state index in [4.69, 9.17) is 5.11 Å². The van der Waals surface area contributed by atoms with Gasteiger partial charge in [-0.15, -0.1) is 5.10 Å². The number of aromatic nitrogens is 5. The molecule has 0 bridgehead atoms. The topological polar surface area (TPSA) is 141 Å². The molecule has 0 spiro atoms. The van der Waals surface area contributed by atoms with Crippen LogP contribution in [0.15, 0.2) is 12.5 Å². The molecule has 0 saturated carbocycles. The van der Waals surface area contributed by atoms with Crippen LogP contribution < -0.4 is 5.32 Å². The van der Waals surface area contributed by atoms with Crippen LogP contribution in [0.5, 0.6) is 0 Å². The fourth-order valence-corrected chi connectivity index (χ4v) is 1.55. The van der Waals surface area contributed by atoms with Crippen molar-refractivity contribution in [3.8, 4) is 0 Å². The minimum Gasteiger partial charge on any atom is -0.476 e. The zero-order chi connectivity index (χ0) is 14.7. The average Bonchev–Trinajstić information content (AvgIpc) is 2.97. The number of imidazole rings is 1. The van der Waals surface area contributed by atoms with Crippen molar-refractivity contribution < 1.29 is 14.8 Å². The molecule has 2 heterocycles. The molecule has 11 heteroatoms. The maximum absolute atomic E-state index is 10.7. The van der Waals surface area contributed by atoms with Gasteiger partial charge in [0.15, 0.2) is 5.69 Å². The molecule has 0 unspecified atom stereocenters. The van der Waals surface area contributed by atoms with Crippen molar-refractivity contribution in [1.82, 2.24) is 24.5 Å². The summed E-state index contributed by atoms with van der Waals surface area (Å²) < 4.78 is 2.82. The van der Waals surface area contributed by atoms with Crippen LogP contribution in [0.1, 0.15) is 10.5 Å². The first-order valence-corrected chi connectivity index (χ1v) is 5.52. The Hall–Kier alpha value is -2.98. The summed E-state index contributed by atoms with van der Waals surface area (Å²) in [6.45, 7) is 0.616. The van der Waals surface area contributed by atoms with Crippen LogP contribution in [0.25, 0.3) is 0 Å². The van der Waals surface area contributed by atoms with Crippen molar-refractivity contribution in [3.63, 3.8) is 0 Å². The number of rotatable bonds is 6. The SMILES string of the molecule is Cn1cnc([N+](=O)[O-])c1NCCn1cc(C(=O)O)nn1. The number of carboxylic acids is 1. The van der Waals surface area contributed by atoms with Gasteiger partial charge in [-0.1, -0.05) is 5.21 Å². The number of carboxylic acid groups (broad SMARTS) is 1. The number of nitrogens with one attached hydrogen (secondary N) is 1. The molecule has 0 radical (unpaired) electrons. The Labute approximate surface area is 112 Å². The Bertz CT molecular complexity index is 647. The van der Waals surface area contributed by atoms with Gasteiger partial charge >= 0.3 is 11.8 Å². The number of hydrogen-bond acceptors (Lipinski definition) is 7. The van der Waals surface area contributed by atoms with Gasteiger partial charge < -0.3 is 20.5 Å². The van der Waals surface area contributed by atoms with Gasteiger partial charge in [-0.3, -0.25) is 4.57 Å². The molecule has 0 aliphatic rings. The van der Waals surface area contributed by atoms with Crippen LogP contribution in [0.2, 0.25) is 0 Å². The molecule has 2 aromatic rings. The number of nitrogens with zero attached hydrogens (tertiary/aromatic N) is 6. The maximum Gasteiger partial charge on any atom is 0.406 e. The minimum atomic E-state index is -1.16. The highest BCUT2D eigenvalue weighted by atomic mass is 16.6. The number of nitro groups is 1. The summed E-state index contributed by atoms with van der Waals surface area (Å²) in [5.41, 5.74) is -0.156. The molecule has 0 fully saturated rings. The van der Waals surface area contributed by atoms with Crippen LogP contribution in [0.4, 0.5) is 11.6 Å². The summed E-state index contributed by atoms with van der Waals surface area (Å²) in [6, 6.07) is 0. The number of aromatic carboxylic acids is 1. The second-order valence-corrected chi connectivity index (χ2v) is 3.88. The van der Waals surface area contributed by atoms with E-state index >= 15 is 0 Å². The van der Waals surface area contributed by atoms with Crippen molar-refractivity contribution in [2.75, 3.05) is 11.9 Å². The van der Waals surface area contributed by atoms with Gasteiger partial charge in [0.05, 0.1) is 12.7 Å². The van der Waals surface area contributed by atoms with E-state index in [1.54, 1.807) is 7.05 Å². The second-order valence-electron chi connectivity index (χ2n) is 3.88. The molecule has 2 aromatic heterocycles. The third-order valence-electron chi connectivity index (χ3n) is 2.48. The highest BCUT2D eigenvalue weighted by molar-refractivity contribution is 5.84. The van der Waals surface area contributed by atoms with Gasteiger partial charge in [-0.2, -0.15) is 0 Å². The van der Waals surface area contributed by atoms with E-state index in [1.165, 1.54) is 21.8 Å². The zero-order valence-electron chi connectivity index (χ0n) is 10.4. The fraction of sp³-hybridized carbons (Fsp3) is 0.333. The third kappa shape index (κ3) is 2.71. The largest absolute Gasteiger partial charge is 0.476 e. The van der Waals surface area contributed by atoms with Crippen LogP contribution in [-0.4, -0.2) is 47.1 Å². The van der Waals surface area contributed by atoms with Crippen LogP contribution in [-0.2, 0) is 13.6 Å². The van der Waals surface area contributed by atoms with E-state index in [-0.39, 0.29) is 17.3 Å². The Morgan fingerprint density at radius 1 is 1.60 bits per heavy atom. The van der Waals surface area contributed by atoms with Crippen molar-refractivity contribution in [2.45, 2.75) is 6.54 Å². The van der Waals surface area contributed by atoms with E-state index < -0.39 is 10.9 Å². The van der Waals surface area contributed by atoms with Crippen LogP contribution in [0, 0.1) is 10.1 Å². The monoisotopic (exact) mass is 281 g/mol. The summed E-state index contributed by atoms with van der Waals surface area (Å²) in [5, 5.41) is 29.4. The van der Waals surface area contributed by atoms with Gasteiger partial charge in [-0.05, 0) is 9.91 Å². The van der Waals surface area contributed by atoms with Crippen LogP contribution >= 0.6 is 0 Å². The Morgan fingerprint density at radius 3 is 2.95 bits per heavy atom. The first kappa shape index (κ1) is 13.5. The molecule has 0 aromatic carbocycles. The van der Waals surface area contributed by atoms with Gasteiger partial charge in [0.2, 0.25) is 12.1 Å². The molecule has 0 aliphatic heterocycles. The lowest BCUT2D eigenvalue weighted by Crippen LogP contribution is -2.13. The van der Waals surface area contributed by atoms with E-state index in [0.29, 0.717) is 13.1 Å². The van der Waals surface area contributed by atoms with Gasteiger partial charge in [0, 0.05) is 13.6 Å². The summed E-state index contributed by atoms with van der Waals surface area (Å²) in [4.78, 5) is 24.4. The summed E-state index contributed by atoms with van der Waals surface area (Å²) >= 11 is 0. The second kappa shape index (κ2) is 5.34. The van der Waals surface area contributed by atoms with Crippen molar-refractivity contribution >= 4 is 17.6 Å². The highest BCUT2D eigenvalue weighted by Gasteiger charge is 2.19. The minimum absolute atomic E-state index is 0.156. The van der Waals surface area contributed by atoms with E-state index in [2.05, 4.69) is 20.6 Å². The number of hydrogen-bond donors (Lipinski definition) is 2. The lowest BCUT2D eigenvalue weighted by molar-refractivity contribution is -0.388. The molecule has 106 valence electrons. The zero-order valence-corrected chi connectivity index (χ0v) is 10.4. The lowest BCUT2D eigenvalue weighted by Gasteiger charge is -2.05. The molecule has 0 saturated heterocycles. The predicted molar refractivity (Wildman–Crippen MR) is 65.3 cm³/mol. The third-order valence-corrected chi connectivity index (χ3v) is 2.48. The van der Waals surface area contributed by atoms with Crippen molar-refractivity contribution in [3.05, 3.63) is 28.3 Å². The van der Waals surface area contributed by atoms with Crippen molar-refractivity contribution in [2.24, 2.45) is 7.05 Å². The normalized spacial score (nSPS) is 10.4. The van der Waals surface area contributed by atoms with Gasteiger partial charge in [0.25, 0.3) is 0 Å². The van der Waals surface area contributed by atoms with Gasteiger partial charge in [-0.25, -0.2) is 9.48 Å². The van der Waals surface area contributed by atoms with E-state index in [9.17, 15) is 14.9 Å². The summed E-state index contributed by atoms with van der Waals surface area (Å²) in [6.07, 6.45) is 2.61. The predicted octanol–water partition coefficient (Wildman–Crippen LogP) is -0.270.